The van der Waals surface area contributed by atoms with E-state index in [1.165, 1.54) is 6.42 Å². The Morgan fingerprint density at radius 1 is 1.19 bits per heavy atom. The van der Waals surface area contributed by atoms with Crippen molar-refractivity contribution in [1.29, 1.82) is 0 Å². The molecule has 0 spiro atoms. The molecule has 1 heterocycles. The van der Waals surface area contributed by atoms with Crippen LogP contribution in [0.4, 0.5) is 0 Å². The monoisotopic (exact) mass is 498 g/mol. The first-order chi connectivity index (χ1) is 12.5. The number of halogens is 1. The number of nitrogens with one attached hydrogen (secondary N) is 2. The fourth-order valence-corrected chi connectivity index (χ4v) is 3.27. The summed E-state index contributed by atoms with van der Waals surface area (Å²) in [5.41, 5.74) is 0. The number of hydrogen-bond acceptors (Lipinski definition) is 4. The molecule has 6 nitrogen and oxygen atoms in total. The Labute approximate surface area is 184 Å². The highest BCUT2D eigenvalue weighted by Crippen LogP contribution is 2.11. The molecule has 1 saturated heterocycles. The lowest BCUT2D eigenvalue weighted by atomic mass is 10.2. The molecule has 162 valence electrons. The maximum absolute atomic E-state index is 5.69. The molecule has 1 aliphatic heterocycles. The van der Waals surface area contributed by atoms with Crippen LogP contribution in [0, 0.1) is 0 Å². The molecule has 1 atom stereocenters. The predicted molar refractivity (Wildman–Crippen MR) is 125 cm³/mol. The highest BCUT2D eigenvalue weighted by molar-refractivity contribution is 14.0. The normalized spacial score (nSPS) is 17.6. The lowest BCUT2D eigenvalue weighted by molar-refractivity contribution is 0.0171. The Bertz CT molecular complexity index is 367. The van der Waals surface area contributed by atoms with Crippen LogP contribution < -0.4 is 10.6 Å². The lowest BCUT2D eigenvalue weighted by Gasteiger charge is -2.30. The van der Waals surface area contributed by atoms with Crippen LogP contribution in [-0.4, -0.2) is 75.0 Å². The van der Waals surface area contributed by atoms with Crippen LogP contribution >= 0.6 is 24.0 Å². The molecule has 1 aliphatic rings. The van der Waals surface area contributed by atoms with Crippen molar-refractivity contribution in [3.05, 3.63) is 0 Å². The molecule has 0 amide bonds. The minimum atomic E-state index is 0. The maximum Gasteiger partial charge on any atom is 0.191 e. The van der Waals surface area contributed by atoms with Crippen molar-refractivity contribution in [2.45, 2.75) is 78.5 Å². The van der Waals surface area contributed by atoms with Gasteiger partial charge in [-0.25, -0.2) is 0 Å². The van der Waals surface area contributed by atoms with Gasteiger partial charge in [0, 0.05) is 51.5 Å². The molecule has 1 unspecified atom stereocenters. The van der Waals surface area contributed by atoms with E-state index in [2.05, 4.69) is 55.1 Å². The molecule has 0 aliphatic carbocycles. The molecule has 0 saturated carbocycles. The minimum Gasteiger partial charge on any atom is -0.379 e. The van der Waals surface area contributed by atoms with Crippen molar-refractivity contribution < 1.29 is 9.47 Å². The second kappa shape index (κ2) is 16.8. The third-order valence-corrected chi connectivity index (χ3v) is 4.60. The minimum absolute atomic E-state index is 0. The highest BCUT2D eigenvalue weighted by atomic mass is 127. The summed E-state index contributed by atoms with van der Waals surface area (Å²) in [4.78, 5) is 7.16. The van der Waals surface area contributed by atoms with Gasteiger partial charge in [-0.3, -0.25) is 9.89 Å². The van der Waals surface area contributed by atoms with Gasteiger partial charge in [-0.05, 0) is 60.3 Å². The number of hydrogen-bond donors (Lipinski definition) is 2. The Morgan fingerprint density at radius 3 is 2.52 bits per heavy atom. The van der Waals surface area contributed by atoms with Crippen molar-refractivity contribution >= 4 is 29.9 Å². The molecule has 2 N–H and O–H groups in total. The smallest absolute Gasteiger partial charge is 0.191 e. The second-order valence-corrected chi connectivity index (χ2v) is 7.53. The molecular weight excluding hydrogens is 455 g/mol. The summed E-state index contributed by atoms with van der Waals surface area (Å²) in [5, 5.41) is 6.76. The third kappa shape index (κ3) is 12.9. The van der Waals surface area contributed by atoms with E-state index in [4.69, 9.17) is 9.47 Å². The van der Waals surface area contributed by atoms with Gasteiger partial charge >= 0.3 is 0 Å². The summed E-state index contributed by atoms with van der Waals surface area (Å²) in [5.74, 6) is 0.910. The van der Waals surface area contributed by atoms with Crippen LogP contribution in [-0.2, 0) is 9.47 Å². The van der Waals surface area contributed by atoms with Gasteiger partial charge in [0.15, 0.2) is 5.96 Å². The number of rotatable bonds is 13. The summed E-state index contributed by atoms with van der Waals surface area (Å²) >= 11 is 0. The lowest BCUT2D eigenvalue weighted by Crippen LogP contribution is -2.41. The molecule has 0 aromatic rings. The zero-order valence-electron chi connectivity index (χ0n) is 18.1. The van der Waals surface area contributed by atoms with E-state index in [-0.39, 0.29) is 24.0 Å². The van der Waals surface area contributed by atoms with Crippen LogP contribution in [0.15, 0.2) is 4.99 Å². The number of guanidine groups is 1. The molecular formula is C20H43IN4O2. The average Bonchev–Trinajstić information content (AvgIpc) is 3.10. The Hall–Kier alpha value is -0.120. The van der Waals surface area contributed by atoms with Gasteiger partial charge in [0.1, 0.15) is 0 Å². The van der Waals surface area contributed by atoms with E-state index in [1.807, 2.05) is 0 Å². The van der Waals surface area contributed by atoms with Gasteiger partial charge in [-0.2, -0.15) is 0 Å². The van der Waals surface area contributed by atoms with E-state index < -0.39 is 0 Å². The molecule has 0 bridgehead atoms. The van der Waals surface area contributed by atoms with Crippen LogP contribution in [0.2, 0.25) is 0 Å². The van der Waals surface area contributed by atoms with Gasteiger partial charge in [-0.15, -0.1) is 24.0 Å². The highest BCUT2D eigenvalue weighted by Gasteiger charge is 2.15. The topological polar surface area (TPSA) is 58.1 Å². The molecule has 1 fully saturated rings. The average molecular weight is 498 g/mol. The number of nitrogens with zero attached hydrogens (tertiary/aromatic N) is 2. The summed E-state index contributed by atoms with van der Waals surface area (Å²) in [7, 11) is 0. The first kappa shape index (κ1) is 26.9. The fourth-order valence-electron chi connectivity index (χ4n) is 3.27. The first-order valence-corrected chi connectivity index (χ1v) is 10.5. The van der Waals surface area contributed by atoms with Crippen LogP contribution in [0.5, 0.6) is 0 Å². The van der Waals surface area contributed by atoms with Crippen molar-refractivity contribution in [3.63, 3.8) is 0 Å². The van der Waals surface area contributed by atoms with Crippen LogP contribution in [0.1, 0.15) is 60.3 Å². The van der Waals surface area contributed by atoms with Crippen molar-refractivity contribution in [2.24, 2.45) is 4.99 Å². The predicted octanol–water partition coefficient (Wildman–Crippen LogP) is 3.25. The largest absolute Gasteiger partial charge is 0.379 e. The van der Waals surface area contributed by atoms with E-state index in [1.54, 1.807) is 0 Å². The quantitative estimate of drug-likeness (QED) is 0.177. The van der Waals surface area contributed by atoms with Crippen molar-refractivity contribution in [3.8, 4) is 0 Å². The molecule has 0 radical (unpaired) electrons. The van der Waals surface area contributed by atoms with E-state index in [0.717, 1.165) is 71.2 Å². The van der Waals surface area contributed by atoms with Crippen LogP contribution in [0.25, 0.3) is 0 Å². The molecule has 7 heteroatoms. The number of ether oxygens (including phenoxy) is 2. The fraction of sp³-hybridized carbons (Fsp3) is 0.950. The summed E-state index contributed by atoms with van der Waals surface area (Å²) < 4.78 is 11.2. The van der Waals surface area contributed by atoms with Gasteiger partial charge in [0.05, 0.1) is 12.7 Å². The van der Waals surface area contributed by atoms with Crippen molar-refractivity contribution in [1.82, 2.24) is 15.5 Å². The SMILES string of the molecule is CCNC(=NCCCOCC1CCCO1)NCCCN(C(C)C)C(C)C.I. The summed E-state index contributed by atoms with van der Waals surface area (Å²) in [6.07, 6.45) is 4.68. The zero-order valence-corrected chi connectivity index (χ0v) is 20.5. The number of aliphatic imine (C=N–C) groups is 1. The van der Waals surface area contributed by atoms with Gasteiger partial charge in [0.25, 0.3) is 0 Å². The van der Waals surface area contributed by atoms with E-state index in [9.17, 15) is 0 Å². The Kier molecular flexibility index (Phi) is 16.7. The van der Waals surface area contributed by atoms with Crippen molar-refractivity contribution in [2.75, 3.05) is 46.0 Å². The standard InChI is InChI=1S/C20H42N4O2.HI/c1-6-21-20(22-11-8-13-24(17(2)3)18(4)5)23-12-9-14-25-16-19-10-7-15-26-19;/h17-19H,6-16H2,1-5H3,(H2,21,22,23);1H. The Morgan fingerprint density at radius 2 is 1.93 bits per heavy atom. The molecule has 27 heavy (non-hydrogen) atoms. The molecule has 1 rings (SSSR count). The third-order valence-electron chi connectivity index (χ3n) is 4.60. The van der Waals surface area contributed by atoms with Gasteiger partial charge in [-0.1, -0.05) is 0 Å². The van der Waals surface area contributed by atoms with E-state index in [0.29, 0.717) is 18.2 Å². The molecule has 0 aromatic carbocycles. The summed E-state index contributed by atoms with van der Waals surface area (Å²) in [6, 6.07) is 1.18. The van der Waals surface area contributed by atoms with E-state index >= 15 is 0 Å². The zero-order chi connectivity index (χ0) is 19.2. The maximum atomic E-state index is 5.69. The second-order valence-electron chi connectivity index (χ2n) is 7.53. The van der Waals surface area contributed by atoms with Gasteiger partial charge < -0.3 is 20.1 Å². The first-order valence-electron chi connectivity index (χ1n) is 10.5. The molecule has 0 aromatic heterocycles. The van der Waals surface area contributed by atoms with Gasteiger partial charge in [0.2, 0.25) is 0 Å². The van der Waals surface area contributed by atoms with Crippen LogP contribution in [0.3, 0.4) is 0 Å². The Balaban J connectivity index is 0.00000676. The summed E-state index contributed by atoms with van der Waals surface area (Å²) in [6.45, 7) is 17.2.